The lowest BCUT2D eigenvalue weighted by Crippen LogP contribution is -2.43. The highest BCUT2D eigenvalue weighted by atomic mass is 16.4. The van der Waals surface area contributed by atoms with Gasteiger partial charge >= 0.3 is 0 Å². The summed E-state index contributed by atoms with van der Waals surface area (Å²) < 4.78 is 5.80. The number of amides is 1. The van der Waals surface area contributed by atoms with Crippen LogP contribution in [0.4, 0.5) is 5.95 Å². The number of rotatable bonds is 10. The van der Waals surface area contributed by atoms with Gasteiger partial charge in [0.1, 0.15) is 6.42 Å². The molecule has 0 saturated heterocycles. The first-order chi connectivity index (χ1) is 18.8. The van der Waals surface area contributed by atoms with Gasteiger partial charge in [0.2, 0.25) is 23.6 Å². The van der Waals surface area contributed by atoms with Crippen molar-refractivity contribution < 1.29 is 9.21 Å². The third-order valence-corrected chi connectivity index (χ3v) is 6.58. The highest BCUT2D eigenvalue weighted by molar-refractivity contribution is 5.83. The maximum atomic E-state index is 12.7. The van der Waals surface area contributed by atoms with Crippen LogP contribution in [-0.2, 0) is 11.2 Å². The Bertz CT molecular complexity index is 1450. The molecule has 2 aromatic heterocycles. The van der Waals surface area contributed by atoms with Crippen LogP contribution in [0.3, 0.4) is 0 Å². The van der Waals surface area contributed by atoms with Crippen LogP contribution in [0.1, 0.15) is 39.5 Å². The zero-order chi connectivity index (χ0) is 27.9. The van der Waals surface area contributed by atoms with Gasteiger partial charge in [-0.2, -0.15) is 0 Å². The van der Waals surface area contributed by atoms with Gasteiger partial charge in [0.05, 0.1) is 17.8 Å². The molecule has 3 aromatic rings. The molecule has 0 bridgehead atoms. The molecule has 204 valence electrons. The van der Waals surface area contributed by atoms with Gasteiger partial charge in [-0.05, 0) is 56.5 Å². The van der Waals surface area contributed by atoms with Crippen LogP contribution in [0.15, 0.2) is 76.2 Å². The molecule has 0 radical (unpaired) electrons. The van der Waals surface area contributed by atoms with E-state index in [4.69, 9.17) is 16.0 Å². The van der Waals surface area contributed by atoms with Crippen molar-refractivity contribution in [1.29, 1.82) is 0 Å². The number of anilines is 1. The van der Waals surface area contributed by atoms with Gasteiger partial charge in [-0.1, -0.05) is 24.8 Å². The van der Waals surface area contributed by atoms with Gasteiger partial charge in [-0.15, -0.1) is 10.2 Å². The van der Waals surface area contributed by atoms with Crippen molar-refractivity contribution in [1.82, 2.24) is 30.5 Å². The molecule has 1 unspecified atom stereocenters. The number of nitrogens with two attached hydrogens (primary N) is 2. The summed E-state index contributed by atoms with van der Waals surface area (Å²) in [4.78, 5) is 23.5. The molecule has 11 heteroatoms. The summed E-state index contributed by atoms with van der Waals surface area (Å²) in [6, 6.07) is 5.75. The maximum Gasteiger partial charge on any atom is 0.247 e. The van der Waals surface area contributed by atoms with E-state index in [1.54, 1.807) is 11.1 Å². The summed E-state index contributed by atoms with van der Waals surface area (Å²) in [6.07, 6.45) is 9.10. The lowest BCUT2D eigenvalue weighted by atomic mass is 10.0. The van der Waals surface area contributed by atoms with Crippen molar-refractivity contribution in [3.63, 3.8) is 0 Å². The second kappa shape index (κ2) is 12.4. The highest BCUT2D eigenvalue weighted by Crippen LogP contribution is 2.24. The zero-order valence-corrected chi connectivity index (χ0v) is 22.6. The molecule has 1 aromatic carbocycles. The Morgan fingerprint density at radius 2 is 2.15 bits per heavy atom. The number of benzene rings is 1. The van der Waals surface area contributed by atoms with Gasteiger partial charge < -0.3 is 25.8 Å². The number of nitrogens with zero attached hydrogens (tertiary/aromatic N) is 5. The van der Waals surface area contributed by atoms with E-state index in [9.17, 15) is 4.79 Å². The zero-order valence-electron chi connectivity index (χ0n) is 22.6. The van der Waals surface area contributed by atoms with Crippen LogP contribution < -0.4 is 22.3 Å². The fourth-order valence-corrected chi connectivity index (χ4v) is 4.41. The molecule has 0 saturated carbocycles. The Labute approximate surface area is 227 Å². The molecule has 1 amide bonds. The Morgan fingerprint density at radius 3 is 2.90 bits per heavy atom. The van der Waals surface area contributed by atoms with Crippen molar-refractivity contribution >= 4 is 22.8 Å². The van der Waals surface area contributed by atoms with Crippen LogP contribution in [0.25, 0.3) is 22.4 Å². The predicted octanol–water partition coefficient (Wildman–Crippen LogP) is 3.36. The number of fused-ring (bicyclic) bond motifs is 1. The summed E-state index contributed by atoms with van der Waals surface area (Å²) in [5.41, 5.74) is 13.6. The maximum absolute atomic E-state index is 12.7. The minimum absolute atomic E-state index is 0.00826. The topological polar surface area (TPSA) is 161 Å². The number of aromatic nitrogens is 4. The molecule has 0 aliphatic carbocycles. The summed E-state index contributed by atoms with van der Waals surface area (Å²) in [5, 5.41) is 12.4. The fraction of sp³-hybridized carbons (Fsp3) is 0.321. The minimum atomic E-state index is -0.140. The molecule has 4 rings (SSSR count). The fourth-order valence-electron chi connectivity index (χ4n) is 4.41. The first-order valence-corrected chi connectivity index (χ1v) is 12.8. The summed E-state index contributed by atoms with van der Waals surface area (Å²) in [7, 11) is 0. The Hall–Kier alpha value is -4.51. The third kappa shape index (κ3) is 6.68. The average Bonchev–Trinajstić information content (AvgIpc) is 3.40. The first-order valence-electron chi connectivity index (χ1n) is 12.8. The third-order valence-electron chi connectivity index (χ3n) is 6.58. The van der Waals surface area contributed by atoms with E-state index in [0.29, 0.717) is 42.7 Å². The number of nitrogens with one attached hydrogen (secondary N) is 2. The smallest absolute Gasteiger partial charge is 0.247 e. The standard InChI is InChI=1S/C28H35N9O2/c1-5-7-17(3)19(6-2)12-18(4)32-28-31-15-21-13-20(8-9-23(21)33-28)27-36-35-25(39-27)14-26(38)37-11-10-22(29)24(16-37)34-30/h5-9,13,15,18,34H,2,10-12,14,16,29-30H2,1,3-4H3,(H,31,32,33)/b7-5-,19-17+. The van der Waals surface area contributed by atoms with E-state index in [2.05, 4.69) is 57.4 Å². The number of carbonyl (C=O) groups excluding carboxylic acids is 1. The van der Waals surface area contributed by atoms with Crippen molar-refractivity contribution in [3.8, 4) is 11.5 Å². The van der Waals surface area contributed by atoms with Gasteiger partial charge in [0, 0.05) is 41.9 Å². The second-order valence-corrected chi connectivity index (χ2v) is 9.52. The van der Waals surface area contributed by atoms with E-state index >= 15 is 0 Å². The minimum Gasteiger partial charge on any atom is -0.420 e. The Kier molecular flexibility index (Phi) is 8.72. The molecule has 0 fully saturated rings. The SMILES string of the molecule is C=C/C(CC(C)Nc1ncc2cc(-c3nnc(CC(=O)N4CCC(N)=C(NN)C4)o3)ccc2n1)=C(C)\C=C/C. The molecule has 0 spiro atoms. The van der Waals surface area contributed by atoms with Crippen molar-refractivity contribution in [2.24, 2.45) is 11.6 Å². The van der Waals surface area contributed by atoms with E-state index in [0.717, 1.165) is 22.9 Å². The van der Waals surface area contributed by atoms with Crippen LogP contribution in [0.5, 0.6) is 0 Å². The summed E-state index contributed by atoms with van der Waals surface area (Å²) in [5.74, 6) is 6.47. The average molecular weight is 530 g/mol. The lowest BCUT2D eigenvalue weighted by molar-refractivity contribution is -0.130. The molecule has 39 heavy (non-hydrogen) atoms. The van der Waals surface area contributed by atoms with Crippen LogP contribution in [0, 0.1) is 0 Å². The van der Waals surface area contributed by atoms with E-state index in [-0.39, 0.29) is 24.3 Å². The molecular formula is C28H35N9O2. The van der Waals surface area contributed by atoms with Gasteiger partial charge in [0.15, 0.2) is 0 Å². The van der Waals surface area contributed by atoms with E-state index in [1.807, 2.05) is 37.3 Å². The monoisotopic (exact) mass is 529 g/mol. The second-order valence-electron chi connectivity index (χ2n) is 9.52. The number of allylic oxidation sites excluding steroid dienone is 4. The normalized spacial score (nSPS) is 15.4. The molecule has 6 N–H and O–H groups in total. The van der Waals surface area contributed by atoms with Crippen LogP contribution in [-0.4, -0.2) is 50.1 Å². The van der Waals surface area contributed by atoms with Gasteiger partial charge in [0.25, 0.3) is 0 Å². The van der Waals surface area contributed by atoms with Crippen molar-refractivity contribution in [2.45, 2.75) is 46.1 Å². The first kappa shape index (κ1) is 27.5. The lowest BCUT2D eigenvalue weighted by Gasteiger charge is -2.28. The van der Waals surface area contributed by atoms with E-state index in [1.165, 1.54) is 11.1 Å². The molecule has 3 heterocycles. The van der Waals surface area contributed by atoms with Gasteiger partial charge in [-0.3, -0.25) is 10.6 Å². The highest BCUT2D eigenvalue weighted by Gasteiger charge is 2.23. The predicted molar refractivity (Wildman–Crippen MR) is 152 cm³/mol. The molecule has 1 aliphatic heterocycles. The number of carbonyl (C=O) groups is 1. The van der Waals surface area contributed by atoms with Crippen molar-refractivity contribution in [2.75, 3.05) is 18.4 Å². The largest absolute Gasteiger partial charge is 0.420 e. The summed E-state index contributed by atoms with van der Waals surface area (Å²) >= 11 is 0. The molecule has 1 aliphatic rings. The number of hydrazine groups is 1. The van der Waals surface area contributed by atoms with Crippen molar-refractivity contribution in [3.05, 3.63) is 77.6 Å². The summed E-state index contributed by atoms with van der Waals surface area (Å²) in [6.45, 7) is 11.0. The number of hydrogen-bond acceptors (Lipinski definition) is 10. The molecule has 1 atom stereocenters. The Balaban J connectivity index is 1.42. The van der Waals surface area contributed by atoms with Crippen LogP contribution in [0.2, 0.25) is 0 Å². The quantitative estimate of drug-likeness (QED) is 0.174. The van der Waals surface area contributed by atoms with Gasteiger partial charge in [-0.25, -0.2) is 9.97 Å². The molecule has 11 nitrogen and oxygen atoms in total. The Morgan fingerprint density at radius 1 is 1.33 bits per heavy atom. The van der Waals surface area contributed by atoms with E-state index < -0.39 is 0 Å². The number of hydrogen-bond donors (Lipinski definition) is 4. The molecular weight excluding hydrogens is 494 g/mol. The van der Waals surface area contributed by atoms with Crippen LogP contribution >= 0.6 is 0 Å².